The van der Waals surface area contributed by atoms with E-state index in [9.17, 15) is 14.4 Å². The Hall–Kier alpha value is -2.28. The average Bonchev–Trinajstić information content (AvgIpc) is 2.39. The molecular formula is C13H15ClN2O5. The number of amides is 2. The average molecular weight is 315 g/mol. The summed E-state index contributed by atoms with van der Waals surface area (Å²) in [7, 11) is 0. The van der Waals surface area contributed by atoms with E-state index >= 15 is 0 Å². The Labute approximate surface area is 125 Å². The van der Waals surface area contributed by atoms with Crippen molar-refractivity contribution in [2.45, 2.75) is 25.3 Å². The van der Waals surface area contributed by atoms with Gasteiger partial charge in [-0.25, -0.2) is 9.59 Å². The fourth-order valence-electron chi connectivity index (χ4n) is 1.57. The molecule has 1 atom stereocenters. The molecule has 1 rings (SSSR count). The van der Waals surface area contributed by atoms with E-state index in [2.05, 4.69) is 10.6 Å². The van der Waals surface area contributed by atoms with Crippen LogP contribution in [0.5, 0.6) is 0 Å². The number of aliphatic carboxylic acids is 2. The molecule has 1 aromatic rings. The van der Waals surface area contributed by atoms with Crippen molar-refractivity contribution in [3.05, 3.63) is 29.3 Å². The largest absolute Gasteiger partial charge is 0.481 e. The highest BCUT2D eigenvalue weighted by molar-refractivity contribution is 6.30. The zero-order chi connectivity index (χ0) is 15.8. The van der Waals surface area contributed by atoms with E-state index in [1.54, 1.807) is 24.3 Å². The monoisotopic (exact) mass is 314 g/mol. The number of nitrogens with one attached hydrogen (secondary N) is 2. The van der Waals surface area contributed by atoms with Crippen molar-refractivity contribution >= 4 is 35.3 Å². The third-order valence-electron chi connectivity index (χ3n) is 2.59. The first-order valence-corrected chi connectivity index (χ1v) is 6.54. The minimum Gasteiger partial charge on any atom is -0.481 e. The molecule has 0 fully saturated rings. The number of hydrogen-bond acceptors (Lipinski definition) is 3. The zero-order valence-electron chi connectivity index (χ0n) is 11.0. The first-order chi connectivity index (χ1) is 9.88. The van der Waals surface area contributed by atoms with Gasteiger partial charge in [-0.2, -0.15) is 0 Å². The van der Waals surface area contributed by atoms with E-state index in [-0.39, 0.29) is 19.3 Å². The summed E-state index contributed by atoms with van der Waals surface area (Å²) in [5, 5.41) is 22.7. The van der Waals surface area contributed by atoms with Crippen molar-refractivity contribution in [1.29, 1.82) is 0 Å². The molecule has 0 bridgehead atoms. The molecule has 1 aromatic carbocycles. The van der Waals surface area contributed by atoms with Gasteiger partial charge in [0.2, 0.25) is 0 Å². The number of hydrogen-bond donors (Lipinski definition) is 4. The van der Waals surface area contributed by atoms with Crippen molar-refractivity contribution in [3.8, 4) is 0 Å². The molecule has 7 nitrogen and oxygen atoms in total. The highest BCUT2D eigenvalue weighted by atomic mass is 35.5. The van der Waals surface area contributed by atoms with Crippen LogP contribution in [0.3, 0.4) is 0 Å². The number of anilines is 1. The van der Waals surface area contributed by atoms with Gasteiger partial charge in [-0.05, 0) is 37.1 Å². The number of carbonyl (C=O) groups excluding carboxylic acids is 1. The maximum atomic E-state index is 11.7. The minimum absolute atomic E-state index is 0.0374. The van der Waals surface area contributed by atoms with Crippen molar-refractivity contribution in [2.75, 3.05) is 5.32 Å². The quantitative estimate of drug-likeness (QED) is 0.615. The molecular weight excluding hydrogens is 300 g/mol. The maximum absolute atomic E-state index is 11.7. The van der Waals surface area contributed by atoms with Crippen molar-refractivity contribution in [2.24, 2.45) is 0 Å². The summed E-state index contributed by atoms with van der Waals surface area (Å²) in [4.78, 5) is 33.1. The first kappa shape index (κ1) is 16.8. The van der Waals surface area contributed by atoms with Crippen LogP contribution in [0.4, 0.5) is 10.5 Å². The summed E-state index contributed by atoms with van der Waals surface area (Å²) < 4.78 is 0. The summed E-state index contributed by atoms with van der Waals surface area (Å²) in [5.74, 6) is -2.23. The van der Waals surface area contributed by atoms with Gasteiger partial charge in [0.25, 0.3) is 0 Å². The zero-order valence-corrected chi connectivity index (χ0v) is 11.8. The Balaban J connectivity index is 2.50. The lowest BCUT2D eigenvalue weighted by Gasteiger charge is -2.14. The van der Waals surface area contributed by atoms with Crippen LogP contribution in [-0.2, 0) is 9.59 Å². The van der Waals surface area contributed by atoms with Crippen LogP contribution in [0, 0.1) is 0 Å². The number of carboxylic acids is 2. The van der Waals surface area contributed by atoms with E-state index in [4.69, 9.17) is 21.8 Å². The van der Waals surface area contributed by atoms with E-state index < -0.39 is 24.0 Å². The predicted molar refractivity (Wildman–Crippen MR) is 76.5 cm³/mol. The molecule has 0 radical (unpaired) electrons. The van der Waals surface area contributed by atoms with Gasteiger partial charge >= 0.3 is 18.0 Å². The minimum atomic E-state index is -1.22. The fourth-order valence-corrected chi connectivity index (χ4v) is 1.70. The molecule has 0 heterocycles. The Morgan fingerprint density at radius 3 is 2.29 bits per heavy atom. The van der Waals surface area contributed by atoms with Crippen LogP contribution >= 0.6 is 11.6 Å². The van der Waals surface area contributed by atoms with E-state index in [0.717, 1.165) is 0 Å². The van der Waals surface area contributed by atoms with E-state index in [1.807, 2.05) is 0 Å². The van der Waals surface area contributed by atoms with Crippen LogP contribution in [-0.4, -0.2) is 34.2 Å². The number of halogens is 1. The SMILES string of the molecule is O=C(O)CCC[C@@H](NC(=O)Nc1ccc(Cl)cc1)C(=O)O. The van der Waals surface area contributed by atoms with Gasteiger partial charge in [0, 0.05) is 17.1 Å². The molecule has 0 aliphatic carbocycles. The molecule has 0 unspecified atom stereocenters. The maximum Gasteiger partial charge on any atom is 0.326 e. The van der Waals surface area contributed by atoms with Gasteiger partial charge in [0.15, 0.2) is 0 Å². The van der Waals surface area contributed by atoms with Crippen molar-refractivity contribution in [3.63, 3.8) is 0 Å². The molecule has 4 N–H and O–H groups in total. The van der Waals surface area contributed by atoms with Crippen LogP contribution in [0.1, 0.15) is 19.3 Å². The highest BCUT2D eigenvalue weighted by Gasteiger charge is 2.19. The van der Waals surface area contributed by atoms with Crippen LogP contribution in [0.2, 0.25) is 5.02 Å². The van der Waals surface area contributed by atoms with Crippen LogP contribution in [0.25, 0.3) is 0 Å². The van der Waals surface area contributed by atoms with Crippen molar-refractivity contribution in [1.82, 2.24) is 5.32 Å². The number of benzene rings is 1. The summed E-state index contributed by atoms with van der Waals surface area (Å²) in [5.41, 5.74) is 0.464. The van der Waals surface area contributed by atoms with Gasteiger partial charge in [-0.1, -0.05) is 11.6 Å². The molecule has 2 amide bonds. The number of rotatable bonds is 7. The van der Waals surface area contributed by atoms with Gasteiger partial charge < -0.3 is 20.8 Å². The third kappa shape index (κ3) is 6.62. The summed E-state index contributed by atoms with van der Waals surface area (Å²) in [6.07, 6.45) is 0.0491. The molecule has 0 saturated carbocycles. The molecule has 114 valence electrons. The highest BCUT2D eigenvalue weighted by Crippen LogP contribution is 2.13. The van der Waals surface area contributed by atoms with Crippen LogP contribution < -0.4 is 10.6 Å². The Bertz CT molecular complexity index is 518. The lowest BCUT2D eigenvalue weighted by atomic mass is 10.1. The topological polar surface area (TPSA) is 116 Å². The predicted octanol–water partition coefficient (Wildman–Crippen LogP) is 2.17. The van der Waals surface area contributed by atoms with Gasteiger partial charge in [0.1, 0.15) is 6.04 Å². The molecule has 0 aliphatic rings. The second kappa shape index (κ2) is 8.11. The molecule has 0 spiro atoms. The number of carboxylic acid groups (broad SMARTS) is 2. The van der Waals surface area contributed by atoms with Gasteiger partial charge in [-0.15, -0.1) is 0 Å². The van der Waals surface area contributed by atoms with E-state index in [1.165, 1.54) is 0 Å². The first-order valence-electron chi connectivity index (χ1n) is 6.16. The van der Waals surface area contributed by atoms with Crippen LogP contribution in [0.15, 0.2) is 24.3 Å². The summed E-state index contributed by atoms with van der Waals surface area (Å²) in [6.45, 7) is 0. The number of urea groups is 1. The second-order valence-electron chi connectivity index (χ2n) is 4.28. The fraction of sp³-hybridized carbons (Fsp3) is 0.308. The Morgan fingerprint density at radius 1 is 1.14 bits per heavy atom. The Kier molecular flexibility index (Phi) is 6.48. The standard InChI is InChI=1S/C13H15ClN2O5/c14-8-4-6-9(7-5-8)15-13(21)16-10(12(19)20)2-1-3-11(17)18/h4-7,10H,1-3H2,(H,17,18)(H,19,20)(H2,15,16,21)/t10-/m1/s1. The van der Waals surface area contributed by atoms with Crippen molar-refractivity contribution < 1.29 is 24.6 Å². The van der Waals surface area contributed by atoms with Gasteiger partial charge in [-0.3, -0.25) is 4.79 Å². The summed E-state index contributed by atoms with van der Waals surface area (Å²) >= 11 is 5.70. The molecule has 21 heavy (non-hydrogen) atoms. The molecule has 0 saturated heterocycles. The number of carbonyl (C=O) groups is 3. The normalized spacial score (nSPS) is 11.5. The second-order valence-corrected chi connectivity index (χ2v) is 4.72. The lowest BCUT2D eigenvalue weighted by Crippen LogP contribution is -2.43. The Morgan fingerprint density at radius 2 is 1.76 bits per heavy atom. The molecule has 8 heteroatoms. The summed E-state index contributed by atoms with van der Waals surface area (Å²) in [6, 6.07) is 4.48. The third-order valence-corrected chi connectivity index (χ3v) is 2.84. The molecule has 0 aliphatic heterocycles. The van der Waals surface area contributed by atoms with E-state index in [0.29, 0.717) is 10.7 Å². The lowest BCUT2D eigenvalue weighted by molar-refractivity contribution is -0.140. The molecule has 0 aromatic heterocycles. The smallest absolute Gasteiger partial charge is 0.326 e. The van der Waals surface area contributed by atoms with Gasteiger partial charge in [0.05, 0.1) is 0 Å².